The molecule has 134 valence electrons. The molecule has 1 unspecified atom stereocenters. The van der Waals surface area contributed by atoms with Gasteiger partial charge in [0.2, 0.25) is 0 Å². The van der Waals surface area contributed by atoms with E-state index in [0.29, 0.717) is 16.0 Å². The summed E-state index contributed by atoms with van der Waals surface area (Å²) in [5, 5.41) is 11.4. The van der Waals surface area contributed by atoms with Crippen LogP contribution < -0.4 is 5.63 Å². The van der Waals surface area contributed by atoms with Gasteiger partial charge in [0, 0.05) is 9.92 Å². The average molecular weight is 395 g/mol. The largest absolute Gasteiger partial charge is 0.507 e. The number of aromatic hydroxyl groups is 1. The summed E-state index contributed by atoms with van der Waals surface area (Å²) in [6, 6.07) is 23.9. The van der Waals surface area contributed by atoms with Crippen LogP contribution in [-0.4, -0.2) is 5.11 Å². The van der Waals surface area contributed by atoms with E-state index in [1.807, 2.05) is 48.5 Å². The average Bonchev–Trinajstić information content (AvgIpc) is 2.68. The highest BCUT2D eigenvalue weighted by Gasteiger charge is 2.27. The summed E-state index contributed by atoms with van der Waals surface area (Å²) >= 11 is 7.87. The summed E-state index contributed by atoms with van der Waals surface area (Å²) in [4.78, 5) is 13.7. The van der Waals surface area contributed by atoms with Gasteiger partial charge in [-0.2, -0.15) is 0 Å². The predicted molar refractivity (Wildman–Crippen MR) is 110 cm³/mol. The molecule has 0 radical (unpaired) electrons. The first-order valence-corrected chi connectivity index (χ1v) is 9.62. The highest BCUT2D eigenvalue weighted by Crippen LogP contribution is 2.45. The van der Waals surface area contributed by atoms with Crippen LogP contribution in [-0.2, 0) is 0 Å². The normalized spacial score (nSPS) is 12.2. The first kappa shape index (κ1) is 17.7. The predicted octanol–water partition coefficient (Wildman–Crippen LogP) is 6.03. The Hall–Kier alpha value is -2.69. The molecule has 0 aliphatic heterocycles. The molecule has 0 saturated heterocycles. The summed E-state index contributed by atoms with van der Waals surface area (Å²) < 4.78 is 5.48. The molecule has 27 heavy (non-hydrogen) atoms. The van der Waals surface area contributed by atoms with Gasteiger partial charge >= 0.3 is 5.63 Å². The van der Waals surface area contributed by atoms with Crippen LogP contribution in [0.5, 0.6) is 5.75 Å². The third kappa shape index (κ3) is 3.46. The van der Waals surface area contributed by atoms with E-state index >= 15 is 0 Å². The Kier molecular flexibility index (Phi) is 4.92. The Morgan fingerprint density at radius 2 is 1.56 bits per heavy atom. The van der Waals surface area contributed by atoms with E-state index in [0.717, 1.165) is 10.5 Å². The van der Waals surface area contributed by atoms with Crippen LogP contribution >= 0.6 is 23.4 Å². The molecule has 4 rings (SSSR count). The number of hydrogen-bond donors (Lipinski definition) is 1. The number of halogens is 1. The quantitative estimate of drug-likeness (QED) is 0.339. The van der Waals surface area contributed by atoms with Gasteiger partial charge in [0.25, 0.3) is 0 Å². The van der Waals surface area contributed by atoms with Gasteiger partial charge in [-0.05, 0) is 35.9 Å². The first-order valence-electron chi connectivity index (χ1n) is 8.36. The van der Waals surface area contributed by atoms with Crippen molar-refractivity contribution in [3.05, 3.63) is 105 Å². The number of rotatable bonds is 4. The van der Waals surface area contributed by atoms with Crippen molar-refractivity contribution in [3.63, 3.8) is 0 Å². The third-order valence-electron chi connectivity index (χ3n) is 4.27. The maximum Gasteiger partial charge on any atom is 0.344 e. The smallest absolute Gasteiger partial charge is 0.344 e. The van der Waals surface area contributed by atoms with Crippen molar-refractivity contribution in [3.8, 4) is 5.75 Å². The molecule has 3 aromatic carbocycles. The fraction of sp³-hybridized carbons (Fsp3) is 0.0455. The summed E-state index contributed by atoms with van der Waals surface area (Å²) in [6.07, 6.45) is 0. The molecule has 0 spiro atoms. The molecule has 0 saturated carbocycles. The van der Waals surface area contributed by atoms with Crippen molar-refractivity contribution in [1.82, 2.24) is 0 Å². The van der Waals surface area contributed by atoms with Crippen LogP contribution in [0.2, 0.25) is 5.02 Å². The minimum atomic E-state index is -0.570. The number of thioether (sulfide) groups is 1. The summed E-state index contributed by atoms with van der Waals surface area (Å²) in [6.45, 7) is 0. The molecule has 0 bridgehead atoms. The van der Waals surface area contributed by atoms with E-state index in [1.54, 1.807) is 30.3 Å². The number of fused-ring (bicyclic) bond motifs is 1. The lowest BCUT2D eigenvalue weighted by Gasteiger charge is -2.19. The van der Waals surface area contributed by atoms with Crippen molar-refractivity contribution in [1.29, 1.82) is 0 Å². The number of para-hydroxylation sites is 1. The Morgan fingerprint density at radius 1 is 0.889 bits per heavy atom. The van der Waals surface area contributed by atoms with Crippen molar-refractivity contribution < 1.29 is 9.52 Å². The zero-order valence-corrected chi connectivity index (χ0v) is 15.7. The molecule has 0 amide bonds. The zero-order chi connectivity index (χ0) is 18.8. The molecule has 4 aromatic rings. The monoisotopic (exact) mass is 394 g/mol. The molecule has 0 aliphatic carbocycles. The molecular formula is C22H15ClO3S. The first-order chi connectivity index (χ1) is 13.1. The standard InChI is InChI=1S/C22H15ClO3S/c23-17-12-6-4-10-15(17)21(27-14-8-2-1-3-9-14)19-20(24)16-11-5-7-13-18(16)26-22(19)25/h1-13,21,24H. The van der Waals surface area contributed by atoms with Crippen molar-refractivity contribution in [2.75, 3.05) is 0 Å². The van der Waals surface area contributed by atoms with E-state index in [9.17, 15) is 9.90 Å². The van der Waals surface area contributed by atoms with E-state index in [-0.39, 0.29) is 11.3 Å². The summed E-state index contributed by atoms with van der Waals surface area (Å²) in [5.41, 5.74) is 0.715. The Bertz CT molecular complexity index is 1160. The highest BCUT2D eigenvalue weighted by atomic mass is 35.5. The molecular weight excluding hydrogens is 380 g/mol. The van der Waals surface area contributed by atoms with Gasteiger partial charge < -0.3 is 9.52 Å². The maximum atomic E-state index is 12.8. The lowest BCUT2D eigenvalue weighted by Crippen LogP contribution is -2.12. The van der Waals surface area contributed by atoms with Crippen LogP contribution in [0, 0.1) is 0 Å². The van der Waals surface area contributed by atoms with Gasteiger partial charge in [0.1, 0.15) is 11.3 Å². The molecule has 1 atom stereocenters. The Balaban J connectivity index is 1.95. The van der Waals surface area contributed by atoms with Crippen molar-refractivity contribution in [2.24, 2.45) is 0 Å². The van der Waals surface area contributed by atoms with Crippen molar-refractivity contribution in [2.45, 2.75) is 10.1 Å². The lowest BCUT2D eigenvalue weighted by atomic mass is 10.0. The van der Waals surface area contributed by atoms with E-state index < -0.39 is 10.9 Å². The van der Waals surface area contributed by atoms with E-state index in [2.05, 4.69) is 0 Å². The molecule has 5 heteroatoms. The topological polar surface area (TPSA) is 50.4 Å². The van der Waals surface area contributed by atoms with Crippen LogP contribution in [0.25, 0.3) is 11.0 Å². The van der Waals surface area contributed by atoms with Gasteiger partial charge in [-0.25, -0.2) is 4.79 Å². The van der Waals surface area contributed by atoms with Gasteiger partial charge in [-0.1, -0.05) is 60.1 Å². The summed E-state index contributed by atoms with van der Waals surface area (Å²) in [7, 11) is 0. The van der Waals surface area contributed by atoms with Gasteiger partial charge in [0.15, 0.2) is 0 Å². The van der Waals surface area contributed by atoms with Crippen molar-refractivity contribution >= 4 is 34.3 Å². The second kappa shape index (κ2) is 7.51. The fourth-order valence-corrected chi connectivity index (χ4v) is 4.53. The zero-order valence-electron chi connectivity index (χ0n) is 14.1. The van der Waals surface area contributed by atoms with Gasteiger partial charge in [-0.15, -0.1) is 11.8 Å². The molecule has 3 nitrogen and oxygen atoms in total. The van der Waals surface area contributed by atoms with Crippen LogP contribution in [0.1, 0.15) is 16.4 Å². The van der Waals surface area contributed by atoms with Crippen LogP contribution in [0.3, 0.4) is 0 Å². The third-order valence-corrected chi connectivity index (χ3v) is 5.88. The molecule has 1 N–H and O–H groups in total. The van der Waals surface area contributed by atoms with Crippen LogP contribution in [0.4, 0.5) is 0 Å². The minimum absolute atomic E-state index is 0.0739. The van der Waals surface area contributed by atoms with Gasteiger partial charge in [-0.3, -0.25) is 0 Å². The van der Waals surface area contributed by atoms with E-state index in [4.69, 9.17) is 16.0 Å². The SMILES string of the molecule is O=c1oc2ccccc2c(O)c1C(Sc1ccccc1)c1ccccc1Cl. The Labute approximate surface area is 165 Å². The summed E-state index contributed by atoms with van der Waals surface area (Å²) in [5.74, 6) is -0.0739. The Morgan fingerprint density at radius 3 is 2.33 bits per heavy atom. The molecule has 1 aromatic heterocycles. The molecule has 1 heterocycles. The number of hydrogen-bond acceptors (Lipinski definition) is 4. The fourth-order valence-electron chi connectivity index (χ4n) is 2.98. The van der Waals surface area contributed by atoms with E-state index in [1.165, 1.54) is 11.8 Å². The molecule has 0 aliphatic rings. The second-order valence-electron chi connectivity index (χ2n) is 5.98. The maximum absolute atomic E-state index is 12.8. The van der Waals surface area contributed by atoms with Crippen LogP contribution in [0.15, 0.2) is 93.0 Å². The lowest BCUT2D eigenvalue weighted by molar-refractivity contribution is 0.458. The minimum Gasteiger partial charge on any atom is -0.507 e. The van der Waals surface area contributed by atoms with Gasteiger partial charge in [0.05, 0.1) is 16.2 Å². The second-order valence-corrected chi connectivity index (χ2v) is 7.57. The highest BCUT2D eigenvalue weighted by molar-refractivity contribution is 7.99. The number of benzene rings is 3. The molecule has 0 fully saturated rings.